The van der Waals surface area contributed by atoms with Crippen LogP contribution in [-0.4, -0.2) is 33.5 Å². The molecule has 5 nitrogen and oxygen atoms in total. The molecule has 0 saturated carbocycles. The van der Waals surface area contributed by atoms with Crippen molar-refractivity contribution >= 4 is 33.7 Å². The van der Waals surface area contributed by atoms with E-state index in [1.54, 1.807) is 12.1 Å². The van der Waals surface area contributed by atoms with Crippen molar-refractivity contribution in [2.75, 3.05) is 0 Å². The Kier molecular flexibility index (Phi) is 5.90. The Morgan fingerprint density at radius 3 is 2.11 bits per heavy atom. The third kappa shape index (κ3) is 4.32. The highest BCUT2D eigenvalue weighted by molar-refractivity contribution is 6.12. The highest BCUT2D eigenvalue weighted by atomic mass is 16.4. The quantitative estimate of drug-likeness (QED) is 0.263. The largest absolute Gasteiger partial charge is 0.507 e. The molecule has 0 aliphatic carbocycles. The molecule has 3 N–H and O–H groups in total. The normalized spacial score (nSPS) is 12.3. The van der Waals surface area contributed by atoms with Gasteiger partial charge in [0.25, 0.3) is 0 Å². The fraction of sp³-hybridized carbons (Fsp3) is 0.0667. The molecular formula is C30H23NO4. The fourth-order valence-corrected chi connectivity index (χ4v) is 4.44. The van der Waals surface area contributed by atoms with Crippen molar-refractivity contribution in [2.45, 2.75) is 12.5 Å². The minimum Gasteiger partial charge on any atom is -0.507 e. The number of nitrogens with zero attached hydrogens (tertiary/aromatic N) is 1. The molecule has 5 aromatic rings. The Morgan fingerprint density at radius 1 is 0.771 bits per heavy atom. The Labute approximate surface area is 202 Å². The molecule has 5 aromatic carbocycles. The van der Waals surface area contributed by atoms with Crippen LogP contribution in [0.3, 0.4) is 0 Å². The number of carboxylic acids is 1. The number of fused-ring (bicyclic) bond motifs is 2. The number of rotatable bonds is 6. The number of hydrogen-bond acceptors (Lipinski definition) is 4. The van der Waals surface area contributed by atoms with Gasteiger partial charge >= 0.3 is 5.97 Å². The SMILES string of the molecule is O=C(O)[C@@H](Cc1ccccc1)N=Cc1cc2ccccc2c(-c2c(O)ccc3ccccc23)c1O. The van der Waals surface area contributed by atoms with Gasteiger partial charge in [-0.3, -0.25) is 4.99 Å². The summed E-state index contributed by atoms with van der Waals surface area (Å²) in [6, 6.07) is 28.8. The van der Waals surface area contributed by atoms with Gasteiger partial charge < -0.3 is 15.3 Å². The summed E-state index contributed by atoms with van der Waals surface area (Å²) in [5.74, 6) is -1.06. The average Bonchev–Trinajstić information content (AvgIpc) is 2.88. The molecule has 5 heteroatoms. The van der Waals surface area contributed by atoms with Crippen LogP contribution < -0.4 is 0 Å². The molecule has 0 aliphatic rings. The maximum absolute atomic E-state index is 11.9. The third-order valence-corrected chi connectivity index (χ3v) is 6.16. The summed E-state index contributed by atoms with van der Waals surface area (Å²) in [4.78, 5) is 16.2. The molecular weight excluding hydrogens is 438 g/mol. The Bertz CT molecular complexity index is 1570. The molecule has 35 heavy (non-hydrogen) atoms. The topological polar surface area (TPSA) is 90.1 Å². The monoisotopic (exact) mass is 461 g/mol. The maximum Gasteiger partial charge on any atom is 0.328 e. The van der Waals surface area contributed by atoms with Crippen LogP contribution in [0.15, 0.2) is 102 Å². The number of phenolic OH excluding ortho intramolecular Hbond substituents is 2. The van der Waals surface area contributed by atoms with Gasteiger partial charge in [-0.05, 0) is 39.2 Å². The second-order valence-electron chi connectivity index (χ2n) is 8.41. The minimum absolute atomic E-state index is 0.0470. The van der Waals surface area contributed by atoms with Gasteiger partial charge in [-0.15, -0.1) is 0 Å². The molecule has 0 aliphatic heterocycles. The van der Waals surface area contributed by atoms with E-state index in [9.17, 15) is 20.1 Å². The number of aliphatic carboxylic acids is 1. The van der Waals surface area contributed by atoms with E-state index in [-0.39, 0.29) is 17.9 Å². The number of benzene rings is 5. The fourth-order valence-electron chi connectivity index (χ4n) is 4.44. The lowest BCUT2D eigenvalue weighted by molar-refractivity contribution is -0.138. The molecule has 0 amide bonds. The Hall–Kier alpha value is -4.64. The van der Waals surface area contributed by atoms with Crippen molar-refractivity contribution in [3.63, 3.8) is 0 Å². The van der Waals surface area contributed by atoms with Crippen LogP contribution in [0, 0.1) is 0 Å². The standard InChI is InChI=1S/C30H23NO4/c32-26-15-14-20-10-4-6-12-23(20)27(26)28-24-13-7-5-11-21(24)17-22(29(28)33)18-31-25(30(34)35)16-19-8-2-1-3-9-19/h1-15,17-18,25,32-33H,16H2,(H,34,35)/t25-/m1/s1. The van der Waals surface area contributed by atoms with Gasteiger partial charge in [-0.25, -0.2) is 4.79 Å². The number of carbonyl (C=O) groups is 1. The van der Waals surface area contributed by atoms with E-state index in [1.165, 1.54) is 6.21 Å². The smallest absolute Gasteiger partial charge is 0.328 e. The van der Waals surface area contributed by atoms with Crippen LogP contribution in [0.1, 0.15) is 11.1 Å². The van der Waals surface area contributed by atoms with Crippen molar-refractivity contribution in [2.24, 2.45) is 4.99 Å². The van der Waals surface area contributed by atoms with E-state index in [0.29, 0.717) is 16.7 Å². The molecule has 0 fully saturated rings. The summed E-state index contributed by atoms with van der Waals surface area (Å²) in [6.45, 7) is 0. The minimum atomic E-state index is -1.04. The molecule has 0 aromatic heterocycles. The van der Waals surface area contributed by atoms with Crippen LogP contribution in [0.4, 0.5) is 0 Å². The van der Waals surface area contributed by atoms with E-state index < -0.39 is 12.0 Å². The first-order valence-corrected chi connectivity index (χ1v) is 11.3. The lowest BCUT2D eigenvalue weighted by Crippen LogP contribution is -2.20. The first-order valence-electron chi connectivity index (χ1n) is 11.3. The molecule has 0 spiro atoms. The zero-order valence-electron chi connectivity index (χ0n) is 18.8. The van der Waals surface area contributed by atoms with Crippen LogP contribution in [0.25, 0.3) is 32.7 Å². The summed E-state index contributed by atoms with van der Waals surface area (Å²) in [5, 5.41) is 35.4. The number of carboxylic acid groups (broad SMARTS) is 1. The van der Waals surface area contributed by atoms with Gasteiger partial charge in [0.1, 0.15) is 11.5 Å². The Morgan fingerprint density at radius 2 is 1.40 bits per heavy atom. The predicted molar refractivity (Wildman–Crippen MR) is 139 cm³/mol. The third-order valence-electron chi connectivity index (χ3n) is 6.16. The van der Waals surface area contributed by atoms with Crippen molar-refractivity contribution in [3.8, 4) is 22.6 Å². The van der Waals surface area contributed by atoms with Gasteiger partial charge in [0.2, 0.25) is 0 Å². The Balaban J connectivity index is 1.68. The van der Waals surface area contributed by atoms with Crippen molar-refractivity contribution in [3.05, 3.63) is 108 Å². The molecule has 5 rings (SSSR count). The number of aliphatic imine (C=N–C) groups is 1. The molecule has 172 valence electrons. The second-order valence-corrected chi connectivity index (χ2v) is 8.41. The summed E-state index contributed by atoms with van der Waals surface area (Å²) in [6.07, 6.45) is 1.65. The van der Waals surface area contributed by atoms with Crippen LogP contribution in [-0.2, 0) is 11.2 Å². The van der Waals surface area contributed by atoms with Crippen molar-refractivity contribution in [1.29, 1.82) is 0 Å². The summed E-state index contributed by atoms with van der Waals surface area (Å²) < 4.78 is 0. The van der Waals surface area contributed by atoms with Crippen LogP contribution in [0.5, 0.6) is 11.5 Å². The van der Waals surface area contributed by atoms with E-state index >= 15 is 0 Å². The van der Waals surface area contributed by atoms with E-state index in [2.05, 4.69) is 4.99 Å². The van der Waals surface area contributed by atoms with Gasteiger partial charge in [-0.2, -0.15) is 0 Å². The first-order chi connectivity index (χ1) is 17.0. The van der Waals surface area contributed by atoms with Crippen molar-refractivity contribution in [1.82, 2.24) is 0 Å². The van der Waals surface area contributed by atoms with E-state index in [4.69, 9.17) is 0 Å². The zero-order chi connectivity index (χ0) is 24.4. The molecule has 0 unspecified atom stereocenters. The summed E-state index contributed by atoms with van der Waals surface area (Å²) in [7, 11) is 0. The number of hydrogen-bond donors (Lipinski definition) is 3. The average molecular weight is 462 g/mol. The molecule has 0 heterocycles. The molecule has 0 saturated heterocycles. The van der Waals surface area contributed by atoms with E-state index in [0.717, 1.165) is 27.1 Å². The van der Waals surface area contributed by atoms with Gasteiger partial charge in [0, 0.05) is 29.3 Å². The first kappa shape index (κ1) is 22.2. The van der Waals surface area contributed by atoms with Gasteiger partial charge in [0.15, 0.2) is 6.04 Å². The predicted octanol–water partition coefficient (Wildman–Crippen LogP) is 6.19. The number of phenols is 2. The van der Waals surface area contributed by atoms with Crippen LogP contribution >= 0.6 is 0 Å². The maximum atomic E-state index is 11.9. The molecule has 0 radical (unpaired) electrons. The highest BCUT2D eigenvalue weighted by Crippen LogP contribution is 2.45. The lowest BCUT2D eigenvalue weighted by atomic mass is 9.90. The summed E-state index contributed by atoms with van der Waals surface area (Å²) in [5.41, 5.74) is 2.24. The van der Waals surface area contributed by atoms with E-state index in [1.807, 2.05) is 84.9 Å². The second kappa shape index (κ2) is 9.31. The summed E-state index contributed by atoms with van der Waals surface area (Å²) >= 11 is 0. The highest BCUT2D eigenvalue weighted by Gasteiger charge is 2.20. The van der Waals surface area contributed by atoms with Crippen LogP contribution in [0.2, 0.25) is 0 Å². The zero-order valence-corrected chi connectivity index (χ0v) is 18.8. The van der Waals surface area contributed by atoms with Gasteiger partial charge in [-0.1, -0.05) is 84.9 Å². The van der Waals surface area contributed by atoms with Crippen molar-refractivity contribution < 1.29 is 20.1 Å². The number of aromatic hydroxyl groups is 2. The molecule has 0 bridgehead atoms. The molecule has 1 atom stereocenters. The lowest BCUT2D eigenvalue weighted by Gasteiger charge is -2.16. The van der Waals surface area contributed by atoms with Gasteiger partial charge in [0.05, 0.1) is 0 Å².